The van der Waals surface area contributed by atoms with Gasteiger partial charge in [-0.3, -0.25) is 0 Å². The molecule has 1 aromatic carbocycles. The summed E-state index contributed by atoms with van der Waals surface area (Å²) in [6.45, 7) is 8.99. The fourth-order valence-electron chi connectivity index (χ4n) is 2.43. The van der Waals surface area contributed by atoms with Crippen molar-refractivity contribution in [3.63, 3.8) is 0 Å². The molecule has 22 heavy (non-hydrogen) atoms. The number of aldehydes is 1. The highest BCUT2D eigenvalue weighted by atomic mass is 16.6. The van der Waals surface area contributed by atoms with Crippen LogP contribution in [-0.2, 0) is 21.5 Å². The first-order chi connectivity index (χ1) is 10.1. The van der Waals surface area contributed by atoms with Crippen molar-refractivity contribution in [3.05, 3.63) is 29.3 Å². The molecular weight excluding hydrogens is 282 g/mol. The number of ether oxygens (including phenoxy) is 2. The van der Waals surface area contributed by atoms with Crippen molar-refractivity contribution in [2.75, 3.05) is 0 Å². The first kappa shape index (κ1) is 16.3. The molecule has 2 unspecified atom stereocenters. The number of hydrogen-bond donors (Lipinski definition) is 1. The second-order valence-electron chi connectivity index (χ2n) is 6.90. The number of alkyl carbamates (subject to hydrolysis) is 1. The zero-order valence-electron chi connectivity index (χ0n) is 13.7. The maximum Gasteiger partial charge on any atom is 0.408 e. The number of hydrogen-bond acceptors (Lipinski definition) is 4. The van der Waals surface area contributed by atoms with Gasteiger partial charge in [0.05, 0.1) is 0 Å². The van der Waals surface area contributed by atoms with Gasteiger partial charge in [0.25, 0.3) is 0 Å². The van der Waals surface area contributed by atoms with Crippen molar-refractivity contribution in [1.82, 2.24) is 5.32 Å². The van der Waals surface area contributed by atoms with Gasteiger partial charge in [-0.2, -0.15) is 0 Å². The summed E-state index contributed by atoms with van der Waals surface area (Å²) in [5.41, 5.74) is 0.00651. The first-order valence-corrected chi connectivity index (χ1v) is 7.40. The van der Waals surface area contributed by atoms with E-state index in [1.165, 1.54) is 0 Å². The molecule has 0 spiro atoms. The summed E-state index contributed by atoms with van der Waals surface area (Å²) in [7, 11) is 0. The predicted octanol–water partition coefficient (Wildman–Crippen LogP) is 2.95. The van der Waals surface area contributed by atoms with Gasteiger partial charge in [-0.25, -0.2) is 4.79 Å². The van der Waals surface area contributed by atoms with Gasteiger partial charge < -0.3 is 19.6 Å². The monoisotopic (exact) mass is 305 g/mol. The number of benzene rings is 1. The number of fused-ring (bicyclic) bond motifs is 1. The Balaban J connectivity index is 2.22. The molecule has 1 aliphatic heterocycles. The minimum Gasteiger partial charge on any atom is -0.490 e. The van der Waals surface area contributed by atoms with E-state index in [2.05, 4.69) is 5.32 Å². The van der Waals surface area contributed by atoms with Gasteiger partial charge in [0.15, 0.2) is 0 Å². The van der Waals surface area contributed by atoms with E-state index < -0.39 is 17.2 Å². The van der Waals surface area contributed by atoms with Crippen LogP contribution in [0.4, 0.5) is 4.79 Å². The lowest BCUT2D eigenvalue weighted by atomic mass is 9.91. The quantitative estimate of drug-likeness (QED) is 0.872. The highest BCUT2D eigenvalue weighted by Gasteiger charge is 2.32. The van der Waals surface area contributed by atoms with E-state index in [-0.39, 0.29) is 6.10 Å². The molecule has 0 aliphatic carbocycles. The van der Waals surface area contributed by atoms with Crippen LogP contribution < -0.4 is 10.1 Å². The van der Waals surface area contributed by atoms with Gasteiger partial charge in [-0.1, -0.05) is 6.07 Å². The molecule has 1 aliphatic rings. The van der Waals surface area contributed by atoms with Gasteiger partial charge in [-0.05, 0) is 57.9 Å². The van der Waals surface area contributed by atoms with E-state index in [1.54, 1.807) is 33.8 Å². The second kappa shape index (κ2) is 5.63. The van der Waals surface area contributed by atoms with Gasteiger partial charge in [-0.15, -0.1) is 0 Å². The molecule has 1 heterocycles. The molecule has 0 saturated carbocycles. The third-order valence-corrected chi connectivity index (χ3v) is 3.49. The molecule has 5 heteroatoms. The molecule has 120 valence electrons. The molecule has 0 radical (unpaired) electrons. The fourth-order valence-corrected chi connectivity index (χ4v) is 2.43. The molecule has 2 rings (SSSR count). The molecular formula is C17H23NO4. The number of rotatable bonds is 3. The molecule has 2 atom stereocenters. The molecule has 1 amide bonds. The normalized spacial score (nSPS) is 19.6. The van der Waals surface area contributed by atoms with Crippen molar-refractivity contribution in [2.45, 2.75) is 58.3 Å². The van der Waals surface area contributed by atoms with E-state index in [1.807, 2.05) is 19.1 Å². The Hall–Kier alpha value is -2.04. The molecule has 0 aromatic heterocycles. The second-order valence-corrected chi connectivity index (χ2v) is 6.90. The Labute approximate surface area is 131 Å². The van der Waals surface area contributed by atoms with Crippen molar-refractivity contribution >= 4 is 12.4 Å². The van der Waals surface area contributed by atoms with E-state index in [0.29, 0.717) is 5.56 Å². The molecule has 1 aromatic rings. The zero-order chi connectivity index (χ0) is 16.5. The lowest BCUT2D eigenvalue weighted by Crippen LogP contribution is -2.47. The molecule has 0 fully saturated rings. The van der Waals surface area contributed by atoms with Crippen LogP contribution >= 0.6 is 0 Å². The topological polar surface area (TPSA) is 64.6 Å². The summed E-state index contributed by atoms with van der Waals surface area (Å²) < 4.78 is 10.9. The Kier molecular flexibility index (Phi) is 4.18. The summed E-state index contributed by atoms with van der Waals surface area (Å²) in [5, 5.41) is 2.65. The Morgan fingerprint density at radius 2 is 2.05 bits per heavy atom. The molecule has 0 saturated heterocycles. The van der Waals surface area contributed by atoms with Crippen LogP contribution in [0, 0.1) is 0 Å². The summed E-state index contributed by atoms with van der Waals surface area (Å²) >= 11 is 0. The van der Waals surface area contributed by atoms with E-state index in [9.17, 15) is 9.59 Å². The summed E-state index contributed by atoms with van der Waals surface area (Å²) in [6.07, 6.45) is 1.03. The standard InChI is InChI=1S/C17H23NO4/c1-11-8-12-9-13(6-7-14(12)21-11)17(5,10-19)18-15(20)22-16(2,3)4/h6-7,9-11H,8H2,1-5H3,(H,18,20). The summed E-state index contributed by atoms with van der Waals surface area (Å²) in [4.78, 5) is 23.6. The lowest BCUT2D eigenvalue weighted by Gasteiger charge is -2.28. The number of carbonyl (C=O) groups excluding carboxylic acids is 2. The lowest BCUT2D eigenvalue weighted by molar-refractivity contribution is -0.113. The van der Waals surface area contributed by atoms with Crippen molar-refractivity contribution in [2.24, 2.45) is 0 Å². The molecule has 1 N–H and O–H groups in total. The van der Waals surface area contributed by atoms with Crippen LogP contribution in [0.1, 0.15) is 45.7 Å². The molecule has 0 bridgehead atoms. The van der Waals surface area contributed by atoms with Crippen LogP contribution in [0.15, 0.2) is 18.2 Å². The average Bonchev–Trinajstić information content (AvgIpc) is 2.75. The van der Waals surface area contributed by atoms with Crippen molar-refractivity contribution in [1.29, 1.82) is 0 Å². The smallest absolute Gasteiger partial charge is 0.408 e. The molecule has 5 nitrogen and oxygen atoms in total. The maximum absolute atomic E-state index is 12.0. The van der Waals surface area contributed by atoms with E-state index in [4.69, 9.17) is 9.47 Å². The van der Waals surface area contributed by atoms with Gasteiger partial charge >= 0.3 is 6.09 Å². The highest BCUT2D eigenvalue weighted by Crippen LogP contribution is 2.32. The SMILES string of the molecule is CC1Cc2cc(C(C)(C=O)NC(=O)OC(C)(C)C)ccc2O1. The van der Waals surface area contributed by atoms with Crippen LogP contribution in [0.25, 0.3) is 0 Å². The van der Waals surface area contributed by atoms with Gasteiger partial charge in [0.1, 0.15) is 29.3 Å². The minimum atomic E-state index is -1.14. The van der Waals surface area contributed by atoms with Gasteiger partial charge in [0.2, 0.25) is 0 Å². The maximum atomic E-state index is 12.0. The number of carbonyl (C=O) groups is 2. The first-order valence-electron chi connectivity index (χ1n) is 7.40. The summed E-state index contributed by atoms with van der Waals surface area (Å²) in [5.74, 6) is 0.835. The minimum absolute atomic E-state index is 0.131. The number of nitrogens with one attached hydrogen (secondary N) is 1. The predicted molar refractivity (Wildman–Crippen MR) is 83.0 cm³/mol. The number of amides is 1. The third-order valence-electron chi connectivity index (χ3n) is 3.49. The van der Waals surface area contributed by atoms with Crippen LogP contribution in [-0.4, -0.2) is 24.1 Å². The summed E-state index contributed by atoms with van der Waals surface area (Å²) in [6, 6.07) is 5.54. The average molecular weight is 305 g/mol. The Bertz CT molecular complexity index is 591. The van der Waals surface area contributed by atoms with Crippen molar-refractivity contribution < 1.29 is 19.1 Å². The van der Waals surface area contributed by atoms with Crippen LogP contribution in [0.2, 0.25) is 0 Å². The zero-order valence-corrected chi connectivity index (χ0v) is 13.7. The Morgan fingerprint density at radius 1 is 1.36 bits per heavy atom. The van der Waals surface area contributed by atoms with Crippen LogP contribution in [0.3, 0.4) is 0 Å². The van der Waals surface area contributed by atoms with Gasteiger partial charge in [0, 0.05) is 6.42 Å². The van der Waals surface area contributed by atoms with Crippen LogP contribution in [0.5, 0.6) is 5.75 Å². The third kappa shape index (κ3) is 3.59. The van der Waals surface area contributed by atoms with E-state index >= 15 is 0 Å². The van der Waals surface area contributed by atoms with E-state index in [0.717, 1.165) is 24.0 Å². The largest absolute Gasteiger partial charge is 0.490 e. The highest BCUT2D eigenvalue weighted by molar-refractivity contribution is 5.78. The fraction of sp³-hybridized carbons (Fsp3) is 0.529. The van der Waals surface area contributed by atoms with Crippen molar-refractivity contribution in [3.8, 4) is 5.75 Å². The Morgan fingerprint density at radius 3 is 2.64 bits per heavy atom.